The number of aliphatic hydroxyl groups is 1. The highest BCUT2D eigenvalue weighted by Crippen LogP contribution is 2.15. The van der Waals surface area contributed by atoms with Crippen molar-refractivity contribution in [2.75, 3.05) is 6.54 Å². The minimum atomic E-state index is -0.757. The van der Waals surface area contributed by atoms with Crippen LogP contribution in [0.3, 0.4) is 0 Å². The van der Waals surface area contributed by atoms with Gasteiger partial charge in [-0.05, 0) is 18.4 Å². The lowest BCUT2D eigenvalue weighted by molar-refractivity contribution is -0.123. The Hall–Kier alpha value is -2.14. The molecule has 2 atom stereocenters. The third kappa shape index (κ3) is 4.70. The van der Waals surface area contributed by atoms with Gasteiger partial charge in [0.2, 0.25) is 5.91 Å². The molecule has 1 heterocycles. The van der Waals surface area contributed by atoms with Gasteiger partial charge in [-0.3, -0.25) is 4.79 Å². The van der Waals surface area contributed by atoms with Crippen molar-refractivity contribution in [3.05, 3.63) is 54.1 Å². The van der Waals surface area contributed by atoms with Crippen molar-refractivity contribution in [3.8, 4) is 0 Å². The molecule has 0 aliphatic rings. The molecule has 118 valence electrons. The number of carbonyl (C=O) groups is 1. The summed E-state index contributed by atoms with van der Waals surface area (Å²) >= 11 is 0. The van der Waals surface area contributed by atoms with Crippen LogP contribution in [0.5, 0.6) is 0 Å². The minimum Gasteiger partial charge on any atom is -0.388 e. The molecule has 0 bridgehead atoms. The maximum absolute atomic E-state index is 11.9. The van der Waals surface area contributed by atoms with E-state index in [1.165, 1.54) is 0 Å². The lowest BCUT2D eigenvalue weighted by Gasteiger charge is -2.16. The summed E-state index contributed by atoms with van der Waals surface area (Å²) in [7, 11) is 0. The van der Waals surface area contributed by atoms with Crippen molar-refractivity contribution in [2.45, 2.75) is 32.9 Å². The van der Waals surface area contributed by atoms with Gasteiger partial charge in [0, 0.05) is 25.5 Å². The molecule has 2 aromatic rings. The zero-order valence-electron chi connectivity index (χ0n) is 13.1. The van der Waals surface area contributed by atoms with E-state index >= 15 is 0 Å². The molecule has 5 heteroatoms. The summed E-state index contributed by atoms with van der Waals surface area (Å²) in [5.41, 5.74) is 0.764. The summed E-state index contributed by atoms with van der Waals surface area (Å²) in [6.45, 7) is 5.43. The summed E-state index contributed by atoms with van der Waals surface area (Å²) < 4.78 is 2.07. The zero-order chi connectivity index (χ0) is 15.9. The van der Waals surface area contributed by atoms with Crippen molar-refractivity contribution in [1.29, 1.82) is 0 Å². The van der Waals surface area contributed by atoms with E-state index in [4.69, 9.17) is 0 Å². The molecular weight excluding hydrogens is 278 g/mol. The number of benzene rings is 1. The Labute approximate surface area is 131 Å². The highest BCUT2D eigenvalue weighted by atomic mass is 16.3. The van der Waals surface area contributed by atoms with Crippen molar-refractivity contribution in [3.63, 3.8) is 0 Å². The molecule has 1 aromatic heterocycles. The molecule has 0 spiro atoms. The molecule has 0 saturated heterocycles. The van der Waals surface area contributed by atoms with E-state index in [2.05, 4.69) is 21.8 Å². The Morgan fingerprint density at radius 1 is 1.36 bits per heavy atom. The average molecular weight is 301 g/mol. The van der Waals surface area contributed by atoms with E-state index in [0.717, 1.165) is 17.9 Å². The lowest BCUT2D eigenvalue weighted by Crippen LogP contribution is -2.31. The van der Waals surface area contributed by atoms with Crippen LogP contribution in [-0.4, -0.2) is 27.1 Å². The summed E-state index contributed by atoms with van der Waals surface area (Å²) in [4.78, 5) is 16.1. The van der Waals surface area contributed by atoms with E-state index in [9.17, 15) is 9.90 Å². The summed E-state index contributed by atoms with van der Waals surface area (Å²) in [6, 6.07) is 9.23. The number of imidazole rings is 1. The van der Waals surface area contributed by atoms with Crippen molar-refractivity contribution >= 4 is 5.91 Å². The Morgan fingerprint density at radius 2 is 2.09 bits per heavy atom. The largest absolute Gasteiger partial charge is 0.388 e. The normalized spacial score (nSPS) is 13.6. The summed E-state index contributed by atoms with van der Waals surface area (Å²) in [5, 5.41) is 12.9. The first-order valence-corrected chi connectivity index (χ1v) is 7.53. The van der Waals surface area contributed by atoms with Gasteiger partial charge >= 0.3 is 0 Å². The quantitative estimate of drug-likeness (QED) is 0.822. The van der Waals surface area contributed by atoms with Crippen LogP contribution in [0.4, 0.5) is 0 Å². The maximum Gasteiger partial charge on any atom is 0.222 e. The predicted molar refractivity (Wildman–Crippen MR) is 85.2 cm³/mol. The van der Waals surface area contributed by atoms with Crippen LogP contribution in [0.1, 0.15) is 30.8 Å². The number of hydrogen-bond donors (Lipinski definition) is 2. The molecule has 22 heavy (non-hydrogen) atoms. The van der Waals surface area contributed by atoms with Crippen LogP contribution in [0.2, 0.25) is 0 Å². The molecule has 2 unspecified atom stereocenters. The van der Waals surface area contributed by atoms with Crippen molar-refractivity contribution in [2.24, 2.45) is 5.92 Å². The molecule has 1 amide bonds. The van der Waals surface area contributed by atoms with Gasteiger partial charge in [0.15, 0.2) is 0 Å². The lowest BCUT2D eigenvalue weighted by atomic mass is 10.1. The van der Waals surface area contributed by atoms with Gasteiger partial charge in [0.05, 0.1) is 12.5 Å². The fourth-order valence-electron chi connectivity index (χ4n) is 2.33. The third-order valence-corrected chi connectivity index (χ3v) is 3.64. The smallest absolute Gasteiger partial charge is 0.222 e. The number of nitrogens with one attached hydrogen (secondary N) is 1. The number of aliphatic hydroxyl groups excluding tert-OH is 1. The van der Waals surface area contributed by atoms with Gasteiger partial charge in [0.1, 0.15) is 5.82 Å². The average Bonchev–Trinajstić information content (AvgIpc) is 2.91. The number of aromatic nitrogens is 2. The number of aryl methyl sites for hydroxylation is 1. The standard InChI is InChI=1S/C17H23N3O2/c1-13(12-20-9-8-18-14(20)2)11-19-17(22)10-16(21)15-6-4-3-5-7-15/h3-9,13,16,21H,10-12H2,1-2H3,(H,19,22). The second-order valence-electron chi connectivity index (χ2n) is 5.67. The van der Waals surface area contributed by atoms with Crippen LogP contribution < -0.4 is 5.32 Å². The fourth-order valence-corrected chi connectivity index (χ4v) is 2.33. The summed E-state index contributed by atoms with van der Waals surface area (Å²) in [6.07, 6.45) is 3.04. The second kappa shape index (κ2) is 7.75. The topological polar surface area (TPSA) is 67.2 Å². The SMILES string of the molecule is Cc1nccn1CC(C)CNC(=O)CC(O)c1ccccc1. The molecule has 0 aliphatic heterocycles. The molecule has 0 saturated carbocycles. The molecule has 1 aromatic carbocycles. The predicted octanol–water partition coefficient (Wildman–Crippen LogP) is 2.07. The molecule has 5 nitrogen and oxygen atoms in total. The van der Waals surface area contributed by atoms with Crippen LogP contribution in [-0.2, 0) is 11.3 Å². The molecular formula is C17H23N3O2. The highest BCUT2D eigenvalue weighted by Gasteiger charge is 2.13. The van der Waals surface area contributed by atoms with Gasteiger partial charge < -0.3 is 15.0 Å². The third-order valence-electron chi connectivity index (χ3n) is 3.64. The van der Waals surface area contributed by atoms with Crippen molar-refractivity contribution in [1.82, 2.24) is 14.9 Å². The summed E-state index contributed by atoms with van der Waals surface area (Å²) in [5.74, 6) is 1.13. The van der Waals surface area contributed by atoms with E-state index in [1.807, 2.05) is 43.5 Å². The van der Waals surface area contributed by atoms with Gasteiger partial charge in [0.25, 0.3) is 0 Å². The molecule has 0 fully saturated rings. The Morgan fingerprint density at radius 3 is 2.73 bits per heavy atom. The molecule has 2 rings (SSSR count). The van der Waals surface area contributed by atoms with E-state index in [-0.39, 0.29) is 12.3 Å². The highest BCUT2D eigenvalue weighted by molar-refractivity contribution is 5.76. The van der Waals surface area contributed by atoms with Crippen LogP contribution in [0, 0.1) is 12.8 Å². The van der Waals surface area contributed by atoms with Gasteiger partial charge in [-0.1, -0.05) is 37.3 Å². The van der Waals surface area contributed by atoms with Gasteiger partial charge in [-0.2, -0.15) is 0 Å². The number of hydrogen-bond acceptors (Lipinski definition) is 3. The van der Waals surface area contributed by atoms with E-state index < -0.39 is 6.10 Å². The monoisotopic (exact) mass is 301 g/mol. The number of carbonyl (C=O) groups excluding carboxylic acids is 1. The van der Waals surface area contributed by atoms with Crippen LogP contribution in [0.25, 0.3) is 0 Å². The van der Waals surface area contributed by atoms with Crippen LogP contribution >= 0.6 is 0 Å². The second-order valence-corrected chi connectivity index (χ2v) is 5.67. The van der Waals surface area contributed by atoms with E-state index in [0.29, 0.717) is 12.5 Å². The number of amides is 1. The molecule has 2 N–H and O–H groups in total. The van der Waals surface area contributed by atoms with E-state index in [1.54, 1.807) is 6.20 Å². The fraction of sp³-hybridized carbons (Fsp3) is 0.412. The molecule has 0 radical (unpaired) electrons. The first kappa shape index (κ1) is 16.2. The first-order valence-electron chi connectivity index (χ1n) is 7.53. The van der Waals surface area contributed by atoms with Crippen LogP contribution in [0.15, 0.2) is 42.7 Å². The van der Waals surface area contributed by atoms with Crippen molar-refractivity contribution < 1.29 is 9.90 Å². The molecule has 0 aliphatic carbocycles. The Balaban J connectivity index is 1.74. The van der Waals surface area contributed by atoms with Gasteiger partial charge in [-0.25, -0.2) is 4.98 Å². The Kier molecular flexibility index (Phi) is 5.72. The number of rotatable bonds is 7. The minimum absolute atomic E-state index is 0.0842. The number of nitrogens with zero attached hydrogens (tertiary/aromatic N) is 2. The maximum atomic E-state index is 11.9. The Bertz CT molecular complexity index is 595. The zero-order valence-corrected chi connectivity index (χ0v) is 13.1. The van der Waals surface area contributed by atoms with Gasteiger partial charge in [-0.15, -0.1) is 0 Å². The first-order chi connectivity index (χ1) is 10.6.